The third kappa shape index (κ3) is 9.57. The molecule has 0 saturated carbocycles. The zero-order valence-corrected chi connectivity index (χ0v) is 27.8. The van der Waals surface area contributed by atoms with Gasteiger partial charge in [0.1, 0.15) is 36.5 Å². The Morgan fingerprint density at radius 3 is 2.51 bits per heavy atom. The van der Waals surface area contributed by atoms with Crippen molar-refractivity contribution in [2.75, 3.05) is 25.1 Å². The Hall–Kier alpha value is -3.36. The van der Waals surface area contributed by atoms with Gasteiger partial charge in [0.05, 0.1) is 34.9 Å². The molecule has 45 heavy (non-hydrogen) atoms. The molecular weight excluding hydrogens is 681 g/mol. The van der Waals surface area contributed by atoms with E-state index in [0.717, 1.165) is 45.1 Å². The molecule has 0 saturated heterocycles. The zero-order chi connectivity index (χ0) is 32.2. The summed E-state index contributed by atoms with van der Waals surface area (Å²) in [6.07, 6.45) is 3.10. The molecule has 1 atom stereocenters. The van der Waals surface area contributed by atoms with E-state index in [1.165, 1.54) is 6.20 Å². The summed E-state index contributed by atoms with van der Waals surface area (Å²) in [4.78, 5) is 4.10. The predicted molar refractivity (Wildman–Crippen MR) is 179 cm³/mol. The molecule has 3 N–H and O–H groups in total. The summed E-state index contributed by atoms with van der Waals surface area (Å²) in [7, 11) is 0. The third-order valence-corrected chi connectivity index (χ3v) is 8.20. The van der Waals surface area contributed by atoms with E-state index >= 15 is 0 Å². The van der Waals surface area contributed by atoms with Crippen molar-refractivity contribution in [2.45, 2.75) is 39.2 Å². The number of hydrogen-bond acceptors (Lipinski definition) is 8. The largest absolute Gasteiger partial charge is 0.492 e. The number of ether oxygens (including phenoxy) is 3. The molecule has 0 aliphatic rings. The minimum atomic E-state index is -0.893. The quantitative estimate of drug-likeness (QED) is 0.0840. The van der Waals surface area contributed by atoms with Gasteiger partial charge in [-0.1, -0.05) is 69.5 Å². The van der Waals surface area contributed by atoms with E-state index in [1.54, 1.807) is 24.4 Å². The fourth-order valence-corrected chi connectivity index (χ4v) is 5.29. The average molecular weight is 715 g/mol. The number of nitrogens with zero attached hydrogens (tertiary/aromatic N) is 2. The molecule has 11 heteroatoms. The van der Waals surface area contributed by atoms with Gasteiger partial charge >= 0.3 is 0 Å². The van der Waals surface area contributed by atoms with Crippen LogP contribution in [-0.2, 0) is 19.8 Å². The van der Waals surface area contributed by atoms with Gasteiger partial charge in [0.2, 0.25) is 0 Å². The number of halogens is 3. The second-order valence-electron chi connectivity index (χ2n) is 10.2. The molecule has 8 nitrogen and oxygen atoms in total. The van der Waals surface area contributed by atoms with Crippen LogP contribution in [0.5, 0.6) is 17.2 Å². The van der Waals surface area contributed by atoms with Gasteiger partial charge in [-0.2, -0.15) is 5.26 Å². The van der Waals surface area contributed by atoms with E-state index in [4.69, 9.17) is 42.5 Å². The van der Waals surface area contributed by atoms with Gasteiger partial charge in [-0.3, -0.25) is 4.98 Å². The number of pyridine rings is 1. The highest BCUT2D eigenvalue weighted by Crippen LogP contribution is 2.38. The highest BCUT2D eigenvalue weighted by molar-refractivity contribution is 9.09. The summed E-state index contributed by atoms with van der Waals surface area (Å²) in [5, 5.41) is 33.0. The van der Waals surface area contributed by atoms with Crippen LogP contribution in [0.1, 0.15) is 34.2 Å². The van der Waals surface area contributed by atoms with Crippen molar-refractivity contribution in [3.8, 4) is 34.4 Å². The van der Waals surface area contributed by atoms with Gasteiger partial charge in [0.15, 0.2) is 0 Å². The average Bonchev–Trinajstić information content (AvgIpc) is 3.05. The molecule has 4 aromatic rings. The smallest absolute Gasteiger partial charge is 0.142 e. The van der Waals surface area contributed by atoms with Gasteiger partial charge in [-0.15, -0.1) is 0 Å². The van der Waals surface area contributed by atoms with Crippen LogP contribution >= 0.6 is 39.1 Å². The maximum atomic E-state index is 9.73. The second kappa shape index (κ2) is 17.4. The first-order valence-electron chi connectivity index (χ1n) is 14.3. The summed E-state index contributed by atoms with van der Waals surface area (Å²) in [6, 6.07) is 19.0. The molecule has 0 fully saturated rings. The van der Waals surface area contributed by atoms with Crippen LogP contribution in [0.3, 0.4) is 0 Å². The normalized spacial score (nSPS) is 11.6. The number of nitriles is 1. The molecule has 0 aliphatic heterocycles. The van der Waals surface area contributed by atoms with Crippen LogP contribution in [0, 0.1) is 18.3 Å². The predicted octanol–water partition coefficient (Wildman–Crippen LogP) is 7.00. The number of benzene rings is 3. The number of alkyl halides is 1. The van der Waals surface area contributed by atoms with Crippen molar-refractivity contribution in [2.24, 2.45) is 0 Å². The lowest BCUT2D eigenvalue weighted by atomic mass is 9.96. The number of rotatable bonds is 16. The molecule has 236 valence electrons. The Bertz CT molecular complexity index is 1630. The standard InChI is InChI=1S/C34H34BrCl2N3O5/c1-22-25(5-2-6-28(22)29-7-3-8-31(34(29)37)43-10-4-9-35)21-45-33-13-32(44-20-24-11-23(14-38)15-39-16-24)26(12-30(33)36)17-40-18-27(42)19-41/h2-3,5-8,11-13,15-16,27,40-42H,4,9-10,17-21H2,1H3. The summed E-state index contributed by atoms with van der Waals surface area (Å²) >= 11 is 16.9. The van der Waals surface area contributed by atoms with Gasteiger partial charge in [-0.05, 0) is 48.2 Å². The topological polar surface area (TPSA) is 117 Å². The molecule has 0 amide bonds. The van der Waals surface area contributed by atoms with Crippen molar-refractivity contribution >= 4 is 39.1 Å². The minimum absolute atomic E-state index is 0.163. The van der Waals surface area contributed by atoms with Crippen LogP contribution in [0.2, 0.25) is 10.0 Å². The van der Waals surface area contributed by atoms with Crippen LogP contribution in [-0.4, -0.2) is 46.4 Å². The van der Waals surface area contributed by atoms with Crippen molar-refractivity contribution in [3.05, 3.63) is 105 Å². The maximum Gasteiger partial charge on any atom is 0.142 e. The molecule has 0 bridgehead atoms. The van der Waals surface area contributed by atoms with E-state index in [9.17, 15) is 10.4 Å². The first kappa shape index (κ1) is 34.5. The Kier molecular flexibility index (Phi) is 13.3. The molecule has 0 spiro atoms. The molecule has 1 heterocycles. The van der Waals surface area contributed by atoms with E-state index in [2.05, 4.69) is 32.3 Å². The van der Waals surface area contributed by atoms with Crippen LogP contribution in [0.15, 0.2) is 67.0 Å². The van der Waals surface area contributed by atoms with Crippen LogP contribution in [0.25, 0.3) is 11.1 Å². The van der Waals surface area contributed by atoms with E-state index in [1.807, 2.05) is 43.3 Å². The lowest BCUT2D eigenvalue weighted by molar-refractivity contribution is 0.0941. The van der Waals surface area contributed by atoms with Gasteiger partial charge in [-0.25, -0.2) is 0 Å². The molecule has 3 aromatic carbocycles. The molecule has 0 radical (unpaired) electrons. The van der Waals surface area contributed by atoms with Crippen LogP contribution in [0.4, 0.5) is 0 Å². The van der Waals surface area contributed by atoms with E-state index in [0.29, 0.717) is 46.0 Å². The zero-order valence-electron chi connectivity index (χ0n) is 24.7. The van der Waals surface area contributed by atoms with E-state index < -0.39 is 6.10 Å². The lowest BCUT2D eigenvalue weighted by Crippen LogP contribution is -2.29. The van der Waals surface area contributed by atoms with Gasteiger partial charge < -0.3 is 29.7 Å². The van der Waals surface area contributed by atoms with E-state index in [-0.39, 0.29) is 26.4 Å². The van der Waals surface area contributed by atoms with Crippen molar-refractivity contribution in [1.82, 2.24) is 10.3 Å². The maximum absolute atomic E-state index is 9.73. The number of aliphatic hydroxyl groups is 2. The molecule has 1 aromatic heterocycles. The molecule has 1 unspecified atom stereocenters. The molecule has 4 rings (SSSR count). The van der Waals surface area contributed by atoms with Crippen molar-refractivity contribution < 1.29 is 24.4 Å². The Balaban J connectivity index is 1.55. The number of aromatic nitrogens is 1. The van der Waals surface area contributed by atoms with Crippen molar-refractivity contribution in [3.63, 3.8) is 0 Å². The third-order valence-electron chi connectivity index (χ3n) is 6.96. The summed E-state index contributed by atoms with van der Waals surface area (Å²) in [5.74, 6) is 1.59. The summed E-state index contributed by atoms with van der Waals surface area (Å²) < 4.78 is 18.3. The first-order valence-corrected chi connectivity index (χ1v) is 16.2. The molecule has 0 aliphatic carbocycles. The number of aliphatic hydroxyl groups excluding tert-OH is 2. The summed E-state index contributed by atoms with van der Waals surface area (Å²) in [6.45, 7) is 3.15. The summed E-state index contributed by atoms with van der Waals surface area (Å²) in [5.41, 5.74) is 5.70. The fraction of sp³-hybridized carbons (Fsp3) is 0.294. The second-order valence-corrected chi connectivity index (χ2v) is 11.8. The molecular formula is C34H34BrCl2N3O5. The Morgan fingerprint density at radius 1 is 0.956 bits per heavy atom. The SMILES string of the molecule is Cc1c(COc2cc(OCc3cncc(C#N)c3)c(CNCC(O)CO)cc2Cl)cccc1-c1cccc(OCCCBr)c1Cl. The van der Waals surface area contributed by atoms with Crippen molar-refractivity contribution in [1.29, 1.82) is 5.26 Å². The highest BCUT2D eigenvalue weighted by Gasteiger charge is 2.16. The lowest BCUT2D eigenvalue weighted by Gasteiger charge is -2.18. The number of hydrogen-bond donors (Lipinski definition) is 3. The van der Waals surface area contributed by atoms with Crippen LogP contribution < -0.4 is 19.5 Å². The highest BCUT2D eigenvalue weighted by atomic mass is 79.9. The fourth-order valence-electron chi connectivity index (χ4n) is 4.54. The number of nitrogens with one attached hydrogen (secondary N) is 1. The van der Waals surface area contributed by atoms with Gasteiger partial charge in [0, 0.05) is 53.6 Å². The Morgan fingerprint density at radius 2 is 1.73 bits per heavy atom. The first-order chi connectivity index (χ1) is 21.8. The Labute approximate surface area is 281 Å². The minimum Gasteiger partial charge on any atom is -0.492 e. The monoisotopic (exact) mass is 713 g/mol. The van der Waals surface area contributed by atoms with Gasteiger partial charge in [0.25, 0.3) is 0 Å².